The van der Waals surface area contributed by atoms with Crippen molar-refractivity contribution in [2.75, 3.05) is 30.3 Å². The number of aromatic nitrogens is 1. The Hall–Kier alpha value is -1.43. The lowest BCUT2D eigenvalue weighted by atomic mass is 10.1. The topological polar surface area (TPSA) is 27.4 Å². The van der Waals surface area contributed by atoms with E-state index in [1.165, 1.54) is 5.69 Å². The van der Waals surface area contributed by atoms with E-state index in [-0.39, 0.29) is 6.61 Å². The smallest absolute Gasteiger partial charge is 0.205 e. The van der Waals surface area contributed by atoms with Crippen LogP contribution in [-0.4, -0.2) is 30.6 Å². The van der Waals surface area contributed by atoms with Gasteiger partial charge in [-0.2, -0.15) is 4.57 Å². The highest BCUT2D eigenvalue weighted by molar-refractivity contribution is 8.68. The summed E-state index contributed by atoms with van der Waals surface area (Å²) in [6, 6.07) is 14.6. The van der Waals surface area contributed by atoms with Crippen LogP contribution in [0.25, 0.3) is 12.2 Å². The second-order valence-electron chi connectivity index (χ2n) is 5.38. The lowest BCUT2D eigenvalue weighted by molar-refractivity contribution is -0.699. The minimum Gasteiger partial charge on any atom is -0.390 e. The third-order valence-electron chi connectivity index (χ3n) is 3.86. The highest BCUT2D eigenvalue weighted by Gasteiger charge is 2.05. The van der Waals surface area contributed by atoms with Crippen LogP contribution in [0.15, 0.2) is 48.7 Å². The van der Waals surface area contributed by atoms with Crippen molar-refractivity contribution in [1.82, 2.24) is 0 Å². The first-order valence-electron chi connectivity index (χ1n) is 8.17. The number of thiol groups is 1. The maximum absolute atomic E-state index is 9.14. The molecule has 0 unspecified atom stereocenters. The summed E-state index contributed by atoms with van der Waals surface area (Å²) >= 11 is 4.21. The molecule has 0 saturated heterocycles. The average molecular weight is 362 g/mol. The fourth-order valence-corrected chi connectivity index (χ4v) is 3.10. The Morgan fingerprint density at radius 2 is 1.96 bits per heavy atom. The zero-order valence-corrected chi connectivity index (χ0v) is 15.7. The van der Waals surface area contributed by atoms with Gasteiger partial charge in [0.05, 0.1) is 0 Å². The predicted molar refractivity (Wildman–Crippen MR) is 108 cm³/mol. The van der Waals surface area contributed by atoms with Crippen molar-refractivity contribution in [3.8, 4) is 0 Å². The number of pyridine rings is 1. The third kappa shape index (κ3) is 5.58. The van der Waals surface area contributed by atoms with Crippen molar-refractivity contribution in [3.05, 3.63) is 59.9 Å². The number of anilines is 1. The van der Waals surface area contributed by atoms with Crippen LogP contribution in [0.2, 0.25) is 0 Å². The van der Waals surface area contributed by atoms with Crippen molar-refractivity contribution in [2.24, 2.45) is 0 Å². The maximum atomic E-state index is 9.14. The molecule has 0 radical (unpaired) electrons. The van der Waals surface area contributed by atoms with E-state index < -0.39 is 0 Å². The van der Waals surface area contributed by atoms with E-state index in [0.29, 0.717) is 6.54 Å². The molecule has 5 heteroatoms. The monoisotopic (exact) mass is 361 g/mol. The summed E-state index contributed by atoms with van der Waals surface area (Å²) in [5.41, 5.74) is 3.49. The number of rotatable bonds is 9. The predicted octanol–water partition coefficient (Wildman–Crippen LogP) is 3.54. The van der Waals surface area contributed by atoms with Gasteiger partial charge in [-0.15, -0.1) is 11.7 Å². The number of aliphatic hydroxyl groups is 1. The van der Waals surface area contributed by atoms with Crippen molar-refractivity contribution in [3.63, 3.8) is 0 Å². The van der Waals surface area contributed by atoms with E-state index in [4.69, 9.17) is 5.11 Å². The van der Waals surface area contributed by atoms with Gasteiger partial charge in [0.1, 0.15) is 6.61 Å². The van der Waals surface area contributed by atoms with Crippen molar-refractivity contribution in [1.29, 1.82) is 0 Å². The van der Waals surface area contributed by atoms with Crippen molar-refractivity contribution >= 4 is 40.3 Å². The molecule has 0 fully saturated rings. The number of benzene rings is 1. The van der Waals surface area contributed by atoms with E-state index in [0.717, 1.165) is 30.1 Å². The summed E-state index contributed by atoms with van der Waals surface area (Å²) in [4.78, 5) is 2.35. The molecular formula is C19H25N2OS2+. The Labute approximate surface area is 153 Å². The first-order chi connectivity index (χ1) is 11.8. The molecular weight excluding hydrogens is 336 g/mol. The summed E-state index contributed by atoms with van der Waals surface area (Å²) in [6.07, 6.45) is 6.17. The molecule has 0 amide bonds. The molecule has 1 aromatic heterocycles. The molecule has 24 heavy (non-hydrogen) atoms. The lowest BCUT2D eigenvalue weighted by Crippen LogP contribution is -2.38. The van der Waals surface area contributed by atoms with Gasteiger partial charge in [-0.05, 0) is 36.8 Å². The van der Waals surface area contributed by atoms with Crippen LogP contribution < -0.4 is 9.47 Å². The van der Waals surface area contributed by atoms with Gasteiger partial charge in [-0.3, -0.25) is 0 Å². The molecule has 128 valence electrons. The summed E-state index contributed by atoms with van der Waals surface area (Å²) in [7, 11) is 1.58. The third-order valence-corrected chi connectivity index (χ3v) is 4.77. The zero-order valence-electron chi connectivity index (χ0n) is 14.0. The molecule has 2 rings (SSSR count). The van der Waals surface area contributed by atoms with Gasteiger partial charge in [-0.1, -0.05) is 22.9 Å². The lowest BCUT2D eigenvalue weighted by Gasteiger charge is -2.22. The van der Waals surface area contributed by atoms with Crippen LogP contribution in [-0.2, 0) is 6.54 Å². The molecule has 1 N–H and O–H groups in total. The quantitative estimate of drug-likeness (QED) is 0.406. The van der Waals surface area contributed by atoms with Gasteiger partial charge in [0, 0.05) is 42.7 Å². The van der Waals surface area contributed by atoms with Crippen molar-refractivity contribution < 1.29 is 9.67 Å². The fourth-order valence-electron chi connectivity index (χ4n) is 2.55. The van der Waals surface area contributed by atoms with E-state index >= 15 is 0 Å². The largest absolute Gasteiger partial charge is 0.390 e. The molecule has 3 nitrogen and oxygen atoms in total. The second-order valence-corrected chi connectivity index (χ2v) is 6.82. The minimum atomic E-state index is 0.141. The van der Waals surface area contributed by atoms with E-state index in [2.05, 4.69) is 66.0 Å². The molecule has 0 aliphatic carbocycles. The zero-order chi connectivity index (χ0) is 17.2. The SMILES string of the molecule is CCN(CCSS)c1ccc(/C=C/c2cccc[n+]2CCO)cc1. The van der Waals surface area contributed by atoms with Gasteiger partial charge in [0.15, 0.2) is 12.7 Å². The van der Waals surface area contributed by atoms with Crippen LogP contribution in [0, 0.1) is 0 Å². The highest BCUT2D eigenvalue weighted by Crippen LogP contribution is 2.17. The number of hydrogen-bond acceptors (Lipinski definition) is 4. The Kier molecular flexibility index (Phi) is 8.22. The fraction of sp³-hybridized carbons (Fsp3) is 0.316. The summed E-state index contributed by atoms with van der Waals surface area (Å²) in [6.45, 7) is 4.92. The number of nitrogens with zero attached hydrogens (tertiary/aromatic N) is 2. The van der Waals surface area contributed by atoms with Crippen LogP contribution in [0.4, 0.5) is 5.69 Å². The maximum Gasteiger partial charge on any atom is 0.205 e. The van der Waals surface area contributed by atoms with Crippen molar-refractivity contribution in [2.45, 2.75) is 13.5 Å². The van der Waals surface area contributed by atoms with Gasteiger partial charge in [-0.25, -0.2) is 0 Å². The average Bonchev–Trinajstić information content (AvgIpc) is 2.63. The number of aliphatic hydroxyl groups excluding tert-OH is 1. The molecule has 0 aliphatic heterocycles. The van der Waals surface area contributed by atoms with Crippen LogP contribution in [0.1, 0.15) is 18.2 Å². The molecule has 1 heterocycles. The molecule has 0 atom stereocenters. The van der Waals surface area contributed by atoms with Gasteiger partial charge in [0.2, 0.25) is 5.69 Å². The van der Waals surface area contributed by atoms with Crippen LogP contribution in [0.5, 0.6) is 0 Å². The highest BCUT2D eigenvalue weighted by atomic mass is 33.1. The van der Waals surface area contributed by atoms with Crippen LogP contribution >= 0.6 is 22.5 Å². The Bertz CT molecular complexity index is 644. The molecule has 2 aromatic rings. The first-order valence-corrected chi connectivity index (χ1v) is 10.2. The molecule has 1 aromatic carbocycles. The summed E-state index contributed by atoms with van der Waals surface area (Å²) in [5, 5.41) is 9.14. The summed E-state index contributed by atoms with van der Waals surface area (Å²) in [5.74, 6) is 1.01. The van der Waals surface area contributed by atoms with E-state index in [1.807, 2.05) is 22.9 Å². The standard InChI is InChI=1S/C19H24N2OS2/c1-2-20(14-16-24-23)19-10-7-17(8-11-19)6-9-18-5-3-4-12-21(18)13-15-22/h3-12,22H,2,13-16H2,1H3/p+1. The first kappa shape index (κ1) is 18.9. The number of hydrogen-bond donors (Lipinski definition) is 2. The molecule has 0 aliphatic rings. The van der Waals surface area contributed by atoms with E-state index in [9.17, 15) is 0 Å². The second kappa shape index (κ2) is 10.4. The van der Waals surface area contributed by atoms with Crippen LogP contribution in [0.3, 0.4) is 0 Å². The minimum absolute atomic E-state index is 0.141. The van der Waals surface area contributed by atoms with Gasteiger partial charge >= 0.3 is 0 Å². The Morgan fingerprint density at radius 1 is 1.17 bits per heavy atom. The molecule has 0 spiro atoms. The van der Waals surface area contributed by atoms with Gasteiger partial charge in [0.25, 0.3) is 0 Å². The Morgan fingerprint density at radius 3 is 2.62 bits per heavy atom. The summed E-state index contributed by atoms with van der Waals surface area (Å²) < 4.78 is 2.04. The van der Waals surface area contributed by atoms with Gasteiger partial charge < -0.3 is 10.0 Å². The Balaban J connectivity index is 2.08. The normalized spacial score (nSPS) is 11.1. The molecule has 0 saturated carbocycles. The van der Waals surface area contributed by atoms with E-state index in [1.54, 1.807) is 10.8 Å². The molecule has 0 bridgehead atoms.